The van der Waals surface area contributed by atoms with Crippen molar-refractivity contribution in [2.75, 3.05) is 0 Å². The van der Waals surface area contributed by atoms with Crippen molar-refractivity contribution in [3.63, 3.8) is 0 Å². The van der Waals surface area contributed by atoms with Crippen LogP contribution in [-0.2, 0) is 4.74 Å². The second-order valence-corrected chi connectivity index (χ2v) is 10.1. The number of hydrogen-bond acceptors (Lipinski definition) is 1. The number of benzene rings is 1. The normalized spacial score (nSPS) is 37.9. The molecule has 0 unspecified atom stereocenters. The maximum atomic E-state index is 6.59. The van der Waals surface area contributed by atoms with Crippen molar-refractivity contribution in [3.8, 4) is 0 Å². The van der Waals surface area contributed by atoms with E-state index in [0.717, 1.165) is 23.7 Å². The third kappa shape index (κ3) is 5.17. The smallest absolute Gasteiger partial charge is 0.0579 e. The Bertz CT molecular complexity index is 552. The molecule has 27 heavy (non-hydrogen) atoms. The van der Waals surface area contributed by atoms with Gasteiger partial charge in [0.1, 0.15) is 0 Å². The van der Waals surface area contributed by atoms with Crippen LogP contribution >= 0.6 is 0 Å². The highest BCUT2D eigenvalue weighted by Gasteiger charge is 2.32. The fourth-order valence-corrected chi connectivity index (χ4v) is 6.10. The van der Waals surface area contributed by atoms with Gasteiger partial charge in [-0.15, -0.1) is 0 Å². The summed E-state index contributed by atoms with van der Waals surface area (Å²) in [7, 11) is 0. The van der Waals surface area contributed by atoms with Gasteiger partial charge in [0.25, 0.3) is 0 Å². The molecule has 3 aliphatic rings. The minimum Gasteiger partial charge on any atom is -0.375 e. The molecule has 0 aromatic heterocycles. The van der Waals surface area contributed by atoms with Gasteiger partial charge in [-0.1, -0.05) is 49.6 Å². The highest BCUT2D eigenvalue weighted by molar-refractivity contribution is 5.24. The van der Waals surface area contributed by atoms with Gasteiger partial charge in [0.15, 0.2) is 0 Å². The van der Waals surface area contributed by atoms with Crippen molar-refractivity contribution in [2.45, 2.75) is 109 Å². The molecule has 0 heterocycles. The van der Waals surface area contributed by atoms with E-state index < -0.39 is 0 Å². The summed E-state index contributed by atoms with van der Waals surface area (Å²) >= 11 is 0. The third-order valence-corrected chi connectivity index (χ3v) is 8.05. The summed E-state index contributed by atoms with van der Waals surface area (Å²) in [5.74, 6) is 3.78. The zero-order valence-electron chi connectivity index (χ0n) is 17.7. The molecule has 3 aliphatic carbocycles. The zero-order valence-corrected chi connectivity index (χ0v) is 17.7. The molecule has 1 heteroatoms. The molecule has 0 bridgehead atoms. The fourth-order valence-electron chi connectivity index (χ4n) is 6.10. The van der Waals surface area contributed by atoms with E-state index >= 15 is 0 Å². The lowest BCUT2D eigenvalue weighted by atomic mass is 9.71. The molecule has 1 nitrogen and oxygen atoms in total. The van der Waals surface area contributed by atoms with E-state index in [0.29, 0.717) is 12.2 Å². The van der Waals surface area contributed by atoms with Gasteiger partial charge in [-0.3, -0.25) is 0 Å². The molecule has 0 spiro atoms. The van der Waals surface area contributed by atoms with Crippen LogP contribution in [0.1, 0.15) is 101 Å². The maximum absolute atomic E-state index is 6.59. The predicted molar refractivity (Wildman–Crippen MR) is 114 cm³/mol. The monoisotopic (exact) mass is 368 g/mol. The van der Waals surface area contributed by atoms with Crippen LogP contribution in [-0.4, -0.2) is 12.2 Å². The minimum atomic E-state index is 0.531. The van der Waals surface area contributed by atoms with Gasteiger partial charge in [0.05, 0.1) is 12.2 Å². The predicted octanol–water partition coefficient (Wildman–Crippen LogP) is 7.42. The molecule has 0 amide bonds. The summed E-state index contributed by atoms with van der Waals surface area (Å²) in [5.41, 5.74) is 2.91. The van der Waals surface area contributed by atoms with E-state index in [1.165, 1.54) is 82.6 Å². The van der Waals surface area contributed by atoms with Gasteiger partial charge < -0.3 is 4.74 Å². The molecule has 4 rings (SSSR count). The Balaban J connectivity index is 1.17. The molecule has 0 atom stereocenters. The van der Waals surface area contributed by atoms with E-state index in [4.69, 9.17) is 4.74 Å². The summed E-state index contributed by atoms with van der Waals surface area (Å²) in [6, 6.07) is 9.22. The van der Waals surface area contributed by atoms with Crippen molar-refractivity contribution < 1.29 is 4.74 Å². The van der Waals surface area contributed by atoms with Gasteiger partial charge in [-0.25, -0.2) is 0 Å². The number of ether oxygens (including phenoxy) is 1. The van der Waals surface area contributed by atoms with E-state index in [1.807, 2.05) is 0 Å². The number of aryl methyl sites for hydroxylation is 1. The van der Waals surface area contributed by atoms with Crippen LogP contribution in [0.2, 0.25) is 0 Å². The van der Waals surface area contributed by atoms with E-state index in [2.05, 4.69) is 38.1 Å². The van der Waals surface area contributed by atoms with E-state index in [-0.39, 0.29) is 0 Å². The zero-order chi connectivity index (χ0) is 18.6. The van der Waals surface area contributed by atoms with Gasteiger partial charge in [0, 0.05) is 0 Å². The second kappa shape index (κ2) is 9.12. The van der Waals surface area contributed by atoms with Gasteiger partial charge in [-0.2, -0.15) is 0 Å². The standard InChI is InChI=1S/C26H40O/c1-19-3-7-21(8-4-19)23-11-15-25(16-12-23)27-26-17-13-24(14-18-26)22-9-5-20(2)6-10-22/h3-4,7-8,20,22-26H,5-6,9-18H2,1-2H3. The van der Waals surface area contributed by atoms with Gasteiger partial charge in [-0.05, 0) is 100 Å². The van der Waals surface area contributed by atoms with Crippen LogP contribution in [0, 0.1) is 24.7 Å². The molecule has 1 aromatic carbocycles. The molecule has 0 N–H and O–H groups in total. The van der Waals surface area contributed by atoms with E-state index in [1.54, 1.807) is 5.56 Å². The Morgan fingerprint density at radius 1 is 0.630 bits per heavy atom. The molecule has 0 saturated heterocycles. The largest absolute Gasteiger partial charge is 0.375 e. The Morgan fingerprint density at radius 3 is 1.67 bits per heavy atom. The quantitative estimate of drug-likeness (QED) is 0.537. The molecule has 0 aliphatic heterocycles. The Hall–Kier alpha value is -0.820. The van der Waals surface area contributed by atoms with Gasteiger partial charge >= 0.3 is 0 Å². The lowest BCUT2D eigenvalue weighted by Crippen LogP contribution is -2.32. The highest BCUT2D eigenvalue weighted by Crippen LogP contribution is 2.41. The molecule has 0 radical (unpaired) electrons. The van der Waals surface area contributed by atoms with Crippen LogP contribution in [0.5, 0.6) is 0 Å². The first kappa shape index (κ1) is 19.5. The second-order valence-electron chi connectivity index (χ2n) is 10.1. The average Bonchev–Trinajstić information content (AvgIpc) is 2.71. The Labute approximate surface area is 167 Å². The first-order valence-electron chi connectivity index (χ1n) is 11.9. The molecule has 1 aromatic rings. The molecule has 3 fully saturated rings. The van der Waals surface area contributed by atoms with E-state index in [9.17, 15) is 0 Å². The SMILES string of the molecule is Cc1ccc(C2CCC(OC3CCC(C4CCC(C)CC4)CC3)CC2)cc1. The van der Waals surface area contributed by atoms with Crippen LogP contribution < -0.4 is 0 Å². The summed E-state index contributed by atoms with van der Waals surface area (Å²) in [4.78, 5) is 0. The topological polar surface area (TPSA) is 9.23 Å². The first-order chi connectivity index (χ1) is 13.2. The number of rotatable bonds is 4. The summed E-state index contributed by atoms with van der Waals surface area (Å²) < 4.78 is 6.59. The van der Waals surface area contributed by atoms with Crippen LogP contribution in [0.3, 0.4) is 0 Å². The minimum absolute atomic E-state index is 0.531. The molecule has 3 saturated carbocycles. The molecule has 150 valence electrons. The summed E-state index contributed by atoms with van der Waals surface area (Å²) in [5, 5.41) is 0. The number of hydrogen-bond donors (Lipinski definition) is 0. The molecular formula is C26H40O. The third-order valence-electron chi connectivity index (χ3n) is 8.05. The van der Waals surface area contributed by atoms with Crippen LogP contribution in [0.4, 0.5) is 0 Å². The lowest BCUT2D eigenvalue weighted by molar-refractivity contribution is -0.0574. The maximum Gasteiger partial charge on any atom is 0.0579 e. The molecular weight excluding hydrogens is 328 g/mol. The first-order valence-corrected chi connectivity index (χ1v) is 11.9. The van der Waals surface area contributed by atoms with Crippen molar-refractivity contribution in [1.29, 1.82) is 0 Å². The fraction of sp³-hybridized carbons (Fsp3) is 0.769. The highest BCUT2D eigenvalue weighted by atomic mass is 16.5. The lowest BCUT2D eigenvalue weighted by Gasteiger charge is -2.39. The van der Waals surface area contributed by atoms with Crippen LogP contribution in [0.25, 0.3) is 0 Å². The van der Waals surface area contributed by atoms with Crippen molar-refractivity contribution in [1.82, 2.24) is 0 Å². The van der Waals surface area contributed by atoms with Crippen LogP contribution in [0.15, 0.2) is 24.3 Å². The summed E-state index contributed by atoms with van der Waals surface area (Å²) in [6.45, 7) is 4.62. The van der Waals surface area contributed by atoms with Crippen molar-refractivity contribution >= 4 is 0 Å². The Morgan fingerprint density at radius 2 is 1.11 bits per heavy atom. The van der Waals surface area contributed by atoms with Crippen molar-refractivity contribution in [3.05, 3.63) is 35.4 Å². The average molecular weight is 369 g/mol. The summed E-state index contributed by atoms with van der Waals surface area (Å²) in [6.07, 6.45) is 17.7. The van der Waals surface area contributed by atoms with Gasteiger partial charge in [0.2, 0.25) is 0 Å². The van der Waals surface area contributed by atoms with Crippen molar-refractivity contribution in [2.24, 2.45) is 17.8 Å². The Kier molecular flexibility index (Phi) is 6.58.